The minimum atomic E-state index is -0.551. The third-order valence-corrected chi connectivity index (χ3v) is 3.41. The van der Waals surface area contributed by atoms with Crippen LogP contribution in [0.5, 0.6) is 5.75 Å². The van der Waals surface area contributed by atoms with Gasteiger partial charge in [0.15, 0.2) is 0 Å². The molecule has 2 aromatic carbocycles. The second kappa shape index (κ2) is 7.75. The molecule has 0 N–H and O–H groups in total. The van der Waals surface area contributed by atoms with E-state index < -0.39 is 11.8 Å². The Balaban J connectivity index is 2.00. The average molecular weight is 365 g/mol. The molecule has 0 saturated heterocycles. The topological polar surface area (TPSA) is 35.5 Å². The molecule has 0 saturated carbocycles. The van der Waals surface area contributed by atoms with E-state index in [1.165, 1.54) is 12.1 Å². The van der Waals surface area contributed by atoms with E-state index >= 15 is 0 Å². The third-order valence-electron chi connectivity index (χ3n) is 2.92. The van der Waals surface area contributed by atoms with Crippen LogP contribution < -0.4 is 4.74 Å². The van der Waals surface area contributed by atoms with Crippen LogP contribution in [0.3, 0.4) is 0 Å². The Bertz CT molecular complexity index is 698. The van der Waals surface area contributed by atoms with Gasteiger partial charge in [0.2, 0.25) is 0 Å². The highest BCUT2D eigenvalue weighted by atomic mass is 79.9. The maximum atomic E-state index is 13.4. The van der Waals surface area contributed by atoms with E-state index in [2.05, 4.69) is 15.9 Å². The van der Waals surface area contributed by atoms with E-state index in [9.17, 15) is 9.18 Å². The lowest BCUT2D eigenvalue weighted by molar-refractivity contribution is -0.138. The monoisotopic (exact) mass is 364 g/mol. The van der Waals surface area contributed by atoms with Crippen LogP contribution in [0.2, 0.25) is 0 Å². The van der Waals surface area contributed by atoms with Gasteiger partial charge in [-0.2, -0.15) is 0 Å². The number of carbonyl (C=O) groups excluding carboxylic acids is 1. The van der Waals surface area contributed by atoms with Crippen molar-refractivity contribution in [1.29, 1.82) is 0 Å². The maximum absolute atomic E-state index is 13.4. The minimum Gasteiger partial charge on any atom is -0.496 e. The SMILES string of the molecule is COc1ccc(Br)cc1/C=C/C(=O)OCc1ccccc1F. The summed E-state index contributed by atoms with van der Waals surface area (Å²) in [4.78, 5) is 11.7. The van der Waals surface area contributed by atoms with Crippen molar-refractivity contribution in [3.05, 3.63) is 70.0 Å². The van der Waals surface area contributed by atoms with Crippen molar-refractivity contribution in [2.45, 2.75) is 6.61 Å². The summed E-state index contributed by atoms with van der Waals surface area (Å²) in [7, 11) is 1.55. The van der Waals surface area contributed by atoms with E-state index in [1.807, 2.05) is 12.1 Å². The van der Waals surface area contributed by atoms with E-state index in [0.717, 1.165) is 10.0 Å². The first-order valence-corrected chi connectivity index (χ1v) is 7.31. The van der Waals surface area contributed by atoms with Gasteiger partial charge in [0.05, 0.1) is 7.11 Å². The quantitative estimate of drug-likeness (QED) is 0.584. The fraction of sp³-hybridized carbons (Fsp3) is 0.118. The van der Waals surface area contributed by atoms with Crippen LogP contribution >= 0.6 is 15.9 Å². The fourth-order valence-corrected chi connectivity index (χ4v) is 2.18. The molecule has 0 heterocycles. The summed E-state index contributed by atoms with van der Waals surface area (Å²) < 4.78 is 24.5. The van der Waals surface area contributed by atoms with Gasteiger partial charge in [0, 0.05) is 21.7 Å². The van der Waals surface area contributed by atoms with Crippen LogP contribution in [0.25, 0.3) is 6.08 Å². The van der Waals surface area contributed by atoms with Crippen LogP contribution in [0.4, 0.5) is 4.39 Å². The third kappa shape index (κ3) is 4.43. The van der Waals surface area contributed by atoms with Crippen molar-refractivity contribution >= 4 is 28.0 Å². The van der Waals surface area contributed by atoms with Gasteiger partial charge >= 0.3 is 5.97 Å². The highest BCUT2D eigenvalue weighted by Gasteiger charge is 2.05. The molecule has 22 heavy (non-hydrogen) atoms. The van der Waals surface area contributed by atoms with Gasteiger partial charge < -0.3 is 9.47 Å². The second-order valence-electron chi connectivity index (χ2n) is 4.42. The lowest BCUT2D eigenvalue weighted by Crippen LogP contribution is -2.02. The van der Waals surface area contributed by atoms with Gasteiger partial charge in [0.1, 0.15) is 18.2 Å². The Morgan fingerprint density at radius 2 is 2.05 bits per heavy atom. The molecule has 0 radical (unpaired) electrons. The number of halogens is 2. The number of carbonyl (C=O) groups is 1. The van der Waals surface area contributed by atoms with Gasteiger partial charge in [-0.3, -0.25) is 0 Å². The first kappa shape index (κ1) is 16.2. The Hall–Kier alpha value is -2.14. The van der Waals surface area contributed by atoms with Gasteiger partial charge in [-0.05, 0) is 30.3 Å². The summed E-state index contributed by atoms with van der Waals surface area (Å²) in [5, 5.41) is 0. The predicted molar refractivity (Wildman–Crippen MR) is 85.9 cm³/mol. The smallest absolute Gasteiger partial charge is 0.331 e. The summed E-state index contributed by atoms with van der Waals surface area (Å²) in [5.41, 5.74) is 1.07. The summed E-state index contributed by atoms with van der Waals surface area (Å²) in [6, 6.07) is 11.6. The largest absolute Gasteiger partial charge is 0.496 e. The van der Waals surface area contributed by atoms with Crippen LogP contribution in [0.1, 0.15) is 11.1 Å². The predicted octanol–water partition coefficient (Wildman–Crippen LogP) is 4.35. The molecule has 3 nitrogen and oxygen atoms in total. The van der Waals surface area contributed by atoms with Crippen molar-refractivity contribution < 1.29 is 18.7 Å². The van der Waals surface area contributed by atoms with E-state index in [1.54, 1.807) is 37.5 Å². The van der Waals surface area contributed by atoms with Crippen LogP contribution in [-0.4, -0.2) is 13.1 Å². The van der Waals surface area contributed by atoms with Gasteiger partial charge in [-0.15, -0.1) is 0 Å². The Labute approximate surface area is 136 Å². The number of ether oxygens (including phenoxy) is 2. The lowest BCUT2D eigenvalue weighted by Gasteiger charge is -2.05. The average Bonchev–Trinajstić information content (AvgIpc) is 2.52. The maximum Gasteiger partial charge on any atom is 0.331 e. The molecule has 0 spiro atoms. The van der Waals surface area contributed by atoms with Crippen molar-refractivity contribution in [1.82, 2.24) is 0 Å². The first-order valence-electron chi connectivity index (χ1n) is 6.52. The zero-order valence-corrected chi connectivity index (χ0v) is 13.5. The minimum absolute atomic E-state index is 0.106. The Morgan fingerprint density at radius 3 is 2.77 bits per heavy atom. The number of esters is 1. The zero-order chi connectivity index (χ0) is 15.9. The first-order chi connectivity index (χ1) is 10.6. The Morgan fingerprint density at radius 1 is 1.27 bits per heavy atom. The van der Waals surface area contributed by atoms with Crippen molar-refractivity contribution in [3.8, 4) is 5.75 Å². The molecule has 0 bridgehead atoms. The van der Waals surface area contributed by atoms with Crippen LogP contribution in [-0.2, 0) is 16.1 Å². The second-order valence-corrected chi connectivity index (χ2v) is 5.33. The molecule has 5 heteroatoms. The highest BCUT2D eigenvalue weighted by Crippen LogP contribution is 2.24. The van der Waals surface area contributed by atoms with Crippen molar-refractivity contribution in [3.63, 3.8) is 0 Å². The molecule has 0 aliphatic heterocycles. The van der Waals surface area contributed by atoms with Crippen molar-refractivity contribution in [2.75, 3.05) is 7.11 Å². The number of rotatable bonds is 5. The number of hydrogen-bond donors (Lipinski definition) is 0. The highest BCUT2D eigenvalue weighted by molar-refractivity contribution is 9.10. The number of benzene rings is 2. The van der Waals surface area contributed by atoms with Crippen molar-refractivity contribution in [2.24, 2.45) is 0 Å². The molecular weight excluding hydrogens is 351 g/mol. The molecule has 0 fully saturated rings. The summed E-state index contributed by atoms with van der Waals surface area (Å²) in [6.45, 7) is -0.106. The molecular formula is C17H14BrFO3. The standard InChI is InChI=1S/C17H14BrFO3/c1-21-16-8-7-14(18)10-12(16)6-9-17(20)22-11-13-4-2-3-5-15(13)19/h2-10H,11H2,1H3/b9-6+. The molecule has 114 valence electrons. The van der Waals surface area contributed by atoms with E-state index in [4.69, 9.17) is 9.47 Å². The Kier molecular flexibility index (Phi) is 5.72. The molecule has 0 aliphatic carbocycles. The molecule has 2 aromatic rings. The molecule has 2 rings (SSSR count). The summed E-state index contributed by atoms with van der Waals surface area (Å²) in [5.74, 6) is -0.306. The number of methoxy groups -OCH3 is 1. The number of hydrogen-bond acceptors (Lipinski definition) is 3. The molecule has 0 amide bonds. The summed E-state index contributed by atoms with van der Waals surface area (Å²) in [6.07, 6.45) is 2.87. The van der Waals surface area contributed by atoms with Gasteiger partial charge in [0.25, 0.3) is 0 Å². The zero-order valence-electron chi connectivity index (χ0n) is 11.9. The molecule has 0 aromatic heterocycles. The molecule has 0 aliphatic rings. The van der Waals surface area contributed by atoms with Crippen LogP contribution in [0.15, 0.2) is 53.0 Å². The van der Waals surface area contributed by atoms with Gasteiger partial charge in [-0.1, -0.05) is 34.1 Å². The lowest BCUT2D eigenvalue weighted by atomic mass is 10.2. The summed E-state index contributed by atoms with van der Waals surface area (Å²) >= 11 is 3.35. The fourth-order valence-electron chi connectivity index (χ4n) is 1.81. The van der Waals surface area contributed by atoms with Crippen LogP contribution in [0, 0.1) is 5.82 Å². The van der Waals surface area contributed by atoms with E-state index in [0.29, 0.717) is 11.3 Å². The van der Waals surface area contributed by atoms with E-state index in [-0.39, 0.29) is 6.61 Å². The molecule has 0 unspecified atom stereocenters. The molecule has 0 atom stereocenters. The van der Waals surface area contributed by atoms with Gasteiger partial charge in [-0.25, -0.2) is 9.18 Å². The normalized spacial score (nSPS) is 10.7.